The van der Waals surface area contributed by atoms with Crippen LogP contribution in [0.1, 0.15) is 49.7 Å². The second kappa shape index (κ2) is 5.75. The van der Waals surface area contributed by atoms with Crippen LogP contribution in [0, 0.1) is 17.2 Å². The van der Waals surface area contributed by atoms with Gasteiger partial charge < -0.3 is 0 Å². The Labute approximate surface area is 116 Å². The molecule has 1 saturated carbocycles. The zero-order chi connectivity index (χ0) is 13.1. The Balaban J connectivity index is 1.65. The fourth-order valence-corrected chi connectivity index (χ4v) is 3.84. The maximum atomic E-state index is 8.84. The Hall–Kier alpha value is -1.33. The van der Waals surface area contributed by atoms with E-state index in [0.717, 1.165) is 24.1 Å². The van der Waals surface area contributed by atoms with Gasteiger partial charge in [-0.05, 0) is 55.8 Å². The molecule has 2 fully saturated rings. The molecule has 0 radical (unpaired) electrons. The summed E-state index contributed by atoms with van der Waals surface area (Å²) in [6.45, 7) is 2.31. The van der Waals surface area contributed by atoms with Gasteiger partial charge in [-0.2, -0.15) is 5.26 Å². The van der Waals surface area contributed by atoms with Crippen LogP contribution in [0.15, 0.2) is 24.3 Å². The summed E-state index contributed by atoms with van der Waals surface area (Å²) in [5.74, 6) is 0.945. The van der Waals surface area contributed by atoms with Gasteiger partial charge in [0.05, 0.1) is 11.6 Å². The molecular weight excluding hydrogens is 232 g/mol. The predicted molar refractivity (Wildman–Crippen MR) is 76.5 cm³/mol. The Morgan fingerprint density at radius 1 is 1.05 bits per heavy atom. The van der Waals surface area contributed by atoms with Crippen molar-refractivity contribution in [3.8, 4) is 6.07 Å². The first-order valence-corrected chi connectivity index (χ1v) is 7.60. The molecule has 0 bridgehead atoms. The lowest BCUT2D eigenvalue weighted by Crippen LogP contribution is -2.34. The number of likely N-dealkylation sites (tertiary alicyclic amines) is 1. The molecule has 1 aromatic carbocycles. The van der Waals surface area contributed by atoms with Crippen LogP contribution in [0.4, 0.5) is 0 Å². The Kier molecular flexibility index (Phi) is 3.84. The van der Waals surface area contributed by atoms with Crippen LogP contribution in [0.2, 0.25) is 0 Å². The van der Waals surface area contributed by atoms with Gasteiger partial charge >= 0.3 is 0 Å². The highest BCUT2D eigenvalue weighted by Gasteiger charge is 2.32. The molecule has 1 aromatic rings. The van der Waals surface area contributed by atoms with Crippen molar-refractivity contribution < 1.29 is 0 Å². The largest absolute Gasteiger partial charge is 0.296 e. The third-order valence-corrected chi connectivity index (χ3v) is 4.83. The molecule has 3 rings (SSSR count). The van der Waals surface area contributed by atoms with Crippen LogP contribution in [-0.4, -0.2) is 17.5 Å². The fourth-order valence-electron chi connectivity index (χ4n) is 3.84. The van der Waals surface area contributed by atoms with Crippen molar-refractivity contribution in [3.63, 3.8) is 0 Å². The Morgan fingerprint density at radius 3 is 2.47 bits per heavy atom. The summed E-state index contributed by atoms with van der Waals surface area (Å²) in [7, 11) is 0. The molecule has 1 unspecified atom stereocenters. The summed E-state index contributed by atoms with van der Waals surface area (Å²) in [5.41, 5.74) is 2.11. The Morgan fingerprint density at radius 2 is 1.79 bits per heavy atom. The molecule has 2 heteroatoms. The third-order valence-electron chi connectivity index (χ3n) is 4.83. The summed E-state index contributed by atoms with van der Waals surface area (Å²) < 4.78 is 0. The first-order valence-electron chi connectivity index (χ1n) is 7.60. The molecule has 0 amide bonds. The van der Waals surface area contributed by atoms with Crippen LogP contribution in [0.3, 0.4) is 0 Å². The first kappa shape index (κ1) is 12.7. The summed E-state index contributed by atoms with van der Waals surface area (Å²) in [6, 6.07) is 11.1. The van der Waals surface area contributed by atoms with Crippen LogP contribution in [-0.2, 0) is 6.54 Å². The maximum absolute atomic E-state index is 8.84. The second-order valence-corrected chi connectivity index (χ2v) is 6.03. The highest BCUT2D eigenvalue weighted by atomic mass is 15.2. The van der Waals surface area contributed by atoms with E-state index in [4.69, 9.17) is 5.26 Å². The summed E-state index contributed by atoms with van der Waals surface area (Å²) in [6.07, 6.45) is 8.50. The molecule has 1 aliphatic carbocycles. The minimum atomic E-state index is 0.762. The lowest BCUT2D eigenvalue weighted by atomic mass is 9.96. The monoisotopic (exact) mass is 254 g/mol. The summed E-state index contributed by atoms with van der Waals surface area (Å²) >= 11 is 0. The van der Waals surface area contributed by atoms with Crippen molar-refractivity contribution in [1.82, 2.24) is 4.90 Å². The Bertz CT molecular complexity index is 451. The molecule has 0 spiro atoms. The standard InChI is InChI=1S/C17H22N2/c18-12-14-7-9-15(10-8-14)13-19-11-3-6-17(19)16-4-1-2-5-16/h7-10,16-17H,1-6,11,13H2. The lowest BCUT2D eigenvalue weighted by molar-refractivity contribution is 0.183. The van der Waals surface area contributed by atoms with Crippen LogP contribution >= 0.6 is 0 Å². The van der Waals surface area contributed by atoms with Gasteiger partial charge in [-0.3, -0.25) is 4.90 Å². The van der Waals surface area contributed by atoms with Crippen LogP contribution < -0.4 is 0 Å². The van der Waals surface area contributed by atoms with Gasteiger partial charge in [-0.15, -0.1) is 0 Å². The van der Waals surface area contributed by atoms with Gasteiger partial charge in [0.15, 0.2) is 0 Å². The predicted octanol–water partition coefficient (Wildman–Crippen LogP) is 3.71. The van der Waals surface area contributed by atoms with E-state index in [1.54, 1.807) is 0 Å². The van der Waals surface area contributed by atoms with Crippen molar-refractivity contribution in [2.24, 2.45) is 5.92 Å². The number of rotatable bonds is 3. The number of hydrogen-bond acceptors (Lipinski definition) is 2. The number of nitrogens with zero attached hydrogens (tertiary/aromatic N) is 2. The minimum absolute atomic E-state index is 0.762. The van der Waals surface area contributed by atoms with Crippen LogP contribution in [0.25, 0.3) is 0 Å². The molecule has 2 nitrogen and oxygen atoms in total. The van der Waals surface area contributed by atoms with Crippen molar-refractivity contribution in [2.75, 3.05) is 6.54 Å². The number of hydrogen-bond donors (Lipinski definition) is 0. The quantitative estimate of drug-likeness (QED) is 0.822. The highest BCUT2D eigenvalue weighted by Crippen LogP contribution is 2.35. The van der Waals surface area contributed by atoms with E-state index in [-0.39, 0.29) is 0 Å². The van der Waals surface area contributed by atoms with E-state index in [2.05, 4.69) is 23.1 Å². The molecule has 1 atom stereocenters. The van der Waals surface area contributed by atoms with Gasteiger partial charge in [0, 0.05) is 12.6 Å². The van der Waals surface area contributed by atoms with Gasteiger partial charge in [0.2, 0.25) is 0 Å². The van der Waals surface area contributed by atoms with Crippen LogP contribution in [0.5, 0.6) is 0 Å². The van der Waals surface area contributed by atoms with E-state index >= 15 is 0 Å². The van der Waals surface area contributed by atoms with Crippen molar-refractivity contribution >= 4 is 0 Å². The van der Waals surface area contributed by atoms with E-state index in [0.29, 0.717) is 0 Å². The van der Waals surface area contributed by atoms with E-state index < -0.39 is 0 Å². The maximum Gasteiger partial charge on any atom is 0.0991 e. The van der Waals surface area contributed by atoms with Crippen molar-refractivity contribution in [1.29, 1.82) is 5.26 Å². The van der Waals surface area contributed by atoms with E-state index in [9.17, 15) is 0 Å². The molecule has 0 N–H and O–H groups in total. The van der Waals surface area contributed by atoms with Crippen molar-refractivity contribution in [3.05, 3.63) is 35.4 Å². The zero-order valence-electron chi connectivity index (χ0n) is 11.5. The van der Waals surface area contributed by atoms with Gasteiger partial charge in [-0.25, -0.2) is 0 Å². The molecule has 100 valence electrons. The molecule has 1 saturated heterocycles. The van der Waals surface area contributed by atoms with Gasteiger partial charge in [-0.1, -0.05) is 25.0 Å². The smallest absolute Gasteiger partial charge is 0.0991 e. The summed E-state index contributed by atoms with van der Waals surface area (Å²) in [4.78, 5) is 2.68. The number of nitriles is 1. The van der Waals surface area contributed by atoms with Gasteiger partial charge in [0.25, 0.3) is 0 Å². The molecular formula is C17H22N2. The third kappa shape index (κ3) is 2.82. The number of benzene rings is 1. The first-order chi connectivity index (χ1) is 9.36. The van der Waals surface area contributed by atoms with E-state index in [1.807, 2.05) is 12.1 Å². The van der Waals surface area contributed by atoms with Crippen molar-refractivity contribution in [2.45, 2.75) is 51.1 Å². The summed E-state index contributed by atoms with van der Waals surface area (Å²) in [5, 5.41) is 8.84. The second-order valence-electron chi connectivity index (χ2n) is 6.03. The average molecular weight is 254 g/mol. The molecule has 2 aliphatic rings. The highest BCUT2D eigenvalue weighted by molar-refractivity contribution is 5.31. The molecule has 1 heterocycles. The SMILES string of the molecule is N#Cc1ccc(CN2CCCC2C2CCCC2)cc1. The minimum Gasteiger partial charge on any atom is -0.296 e. The van der Waals surface area contributed by atoms with Gasteiger partial charge in [0.1, 0.15) is 0 Å². The topological polar surface area (TPSA) is 27.0 Å². The zero-order valence-corrected chi connectivity index (χ0v) is 11.5. The van der Waals surface area contributed by atoms with E-state index in [1.165, 1.54) is 50.6 Å². The lowest BCUT2D eigenvalue weighted by Gasteiger charge is -2.29. The molecule has 0 aromatic heterocycles. The molecule has 19 heavy (non-hydrogen) atoms. The molecule has 1 aliphatic heterocycles. The normalized spacial score (nSPS) is 24.7. The fraction of sp³-hybridized carbons (Fsp3) is 0.588. The average Bonchev–Trinajstić information content (AvgIpc) is 3.10.